The van der Waals surface area contributed by atoms with Crippen LogP contribution < -0.4 is 10.6 Å². The molecule has 0 atom stereocenters. The van der Waals surface area contributed by atoms with Crippen molar-refractivity contribution in [1.82, 2.24) is 9.80 Å². The minimum absolute atomic E-state index is 0.0238. The summed E-state index contributed by atoms with van der Waals surface area (Å²) in [7, 11) is 0. The van der Waals surface area contributed by atoms with E-state index in [4.69, 9.17) is 5.73 Å². The number of hydrogen-bond acceptors (Lipinski definition) is 5. The van der Waals surface area contributed by atoms with Gasteiger partial charge in [0, 0.05) is 54.6 Å². The van der Waals surface area contributed by atoms with Crippen molar-refractivity contribution in [2.75, 3.05) is 18.0 Å². The maximum Gasteiger partial charge on any atom is 0.254 e. The largest absolute Gasteiger partial charge is 0.366 e. The molecule has 0 spiro atoms. The summed E-state index contributed by atoms with van der Waals surface area (Å²) in [4.78, 5) is 31.4. The molecule has 0 radical (unpaired) electrons. The van der Waals surface area contributed by atoms with Crippen molar-refractivity contribution >= 4 is 34.5 Å². The first-order valence-electron chi connectivity index (χ1n) is 13.2. The lowest BCUT2D eigenvalue weighted by Crippen LogP contribution is -2.43. The van der Waals surface area contributed by atoms with Gasteiger partial charge in [-0.25, -0.2) is 4.39 Å². The zero-order chi connectivity index (χ0) is 27.4. The minimum Gasteiger partial charge on any atom is -0.366 e. The molecule has 4 rings (SSSR count). The van der Waals surface area contributed by atoms with Crippen LogP contribution in [0, 0.1) is 5.82 Å². The zero-order valence-corrected chi connectivity index (χ0v) is 23.4. The lowest BCUT2D eigenvalue weighted by Gasteiger charge is -2.40. The van der Waals surface area contributed by atoms with Crippen LogP contribution in [0.1, 0.15) is 66.8 Å². The Morgan fingerprint density at radius 2 is 1.63 bits per heavy atom. The maximum atomic E-state index is 15.3. The summed E-state index contributed by atoms with van der Waals surface area (Å²) < 4.78 is 15.3. The number of carbonyl (C=O) groups excluding carboxylic acids is 2. The van der Waals surface area contributed by atoms with Crippen LogP contribution in [0.5, 0.6) is 0 Å². The topological polar surface area (TPSA) is 69.9 Å². The van der Waals surface area contributed by atoms with E-state index in [0.29, 0.717) is 11.3 Å². The van der Waals surface area contributed by atoms with Gasteiger partial charge in [0.2, 0.25) is 5.91 Å². The third-order valence-corrected chi connectivity index (χ3v) is 7.87. The lowest BCUT2D eigenvalue weighted by molar-refractivity contribution is 0.0643. The minimum atomic E-state index is -0.597. The fraction of sp³-hybridized carbons (Fsp3) is 0.400. The highest BCUT2D eigenvalue weighted by atomic mass is 32.1. The molecule has 2 heterocycles. The average Bonchev–Trinajstić information content (AvgIpc) is 3.39. The number of rotatable bonds is 9. The normalized spacial score (nSPS) is 14.7. The molecular weight excluding hydrogens is 499 g/mol. The number of anilines is 2. The van der Waals surface area contributed by atoms with Crippen molar-refractivity contribution in [2.24, 2.45) is 5.73 Å². The van der Waals surface area contributed by atoms with Gasteiger partial charge in [0.1, 0.15) is 5.82 Å². The first-order valence-corrected chi connectivity index (χ1v) is 14.1. The van der Waals surface area contributed by atoms with Crippen LogP contribution in [0.15, 0.2) is 59.3 Å². The molecule has 2 N–H and O–H groups in total. The first kappa shape index (κ1) is 27.8. The Kier molecular flexibility index (Phi) is 8.84. The molecular formula is C30H37FN4O2S. The van der Waals surface area contributed by atoms with E-state index in [9.17, 15) is 9.59 Å². The van der Waals surface area contributed by atoms with Crippen LogP contribution in [0.4, 0.5) is 15.8 Å². The summed E-state index contributed by atoms with van der Waals surface area (Å²) in [5, 5.41) is 4.26. The van der Waals surface area contributed by atoms with Crippen molar-refractivity contribution in [3.63, 3.8) is 0 Å². The van der Waals surface area contributed by atoms with Crippen LogP contribution in [-0.4, -0.2) is 52.8 Å². The van der Waals surface area contributed by atoms with Crippen LogP contribution in [0.2, 0.25) is 0 Å². The number of hydrogen-bond donors (Lipinski definition) is 1. The molecule has 0 aliphatic carbocycles. The molecule has 2 amide bonds. The zero-order valence-electron chi connectivity index (χ0n) is 22.6. The summed E-state index contributed by atoms with van der Waals surface area (Å²) >= 11 is 1.70. The Morgan fingerprint density at radius 1 is 1.00 bits per heavy atom. The second-order valence-electron chi connectivity index (χ2n) is 10.5. The number of primary amides is 1. The number of halogens is 1. The van der Waals surface area contributed by atoms with Gasteiger partial charge in [-0.1, -0.05) is 0 Å². The van der Waals surface area contributed by atoms with Crippen molar-refractivity contribution in [3.05, 3.63) is 81.8 Å². The Hall–Kier alpha value is -3.23. The van der Waals surface area contributed by atoms with Gasteiger partial charge in [-0.2, -0.15) is 11.3 Å². The predicted molar refractivity (Wildman–Crippen MR) is 153 cm³/mol. The second kappa shape index (κ2) is 12.1. The number of benzene rings is 2. The number of likely N-dealkylation sites (tertiary alicyclic amines) is 1. The Morgan fingerprint density at radius 3 is 2.18 bits per heavy atom. The summed E-state index contributed by atoms with van der Waals surface area (Å²) in [6.45, 7) is 10.7. The third-order valence-electron chi connectivity index (χ3n) is 7.14. The van der Waals surface area contributed by atoms with Crippen molar-refractivity contribution < 1.29 is 14.0 Å². The Labute approximate surface area is 228 Å². The van der Waals surface area contributed by atoms with E-state index in [1.165, 1.54) is 23.8 Å². The molecule has 202 valence electrons. The summed E-state index contributed by atoms with van der Waals surface area (Å²) in [5.41, 5.74) is 8.79. The van der Waals surface area contributed by atoms with Gasteiger partial charge in [0.05, 0.1) is 5.69 Å². The molecule has 1 fully saturated rings. The van der Waals surface area contributed by atoms with Crippen LogP contribution >= 0.6 is 11.3 Å². The van der Waals surface area contributed by atoms with Crippen molar-refractivity contribution in [2.45, 2.75) is 65.2 Å². The summed E-state index contributed by atoms with van der Waals surface area (Å²) in [5.74, 6) is -1.04. The third kappa shape index (κ3) is 6.25. The van der Waals surface area contributed by atoms with E-state index in [-0.39, 0.29) is 29.6 Å². The van der Waals surface area contributed by atoms with Crippen molar-refractivity contribution in [3.8, 4) is 0 Å². The van der Waals surface area contributed by atoms with E-state index in [0.717, 1.165) is 38.2 Å². The molecule has 1 aromatic heterocycles. The average molecular weight is 537 g/mol. The van der Waals surface area contributed by atoms with Gasteiger partial charge in [-0.05, 0) is 105 Å². The van der Waals surface area contributed by atoms with E-state index in [2.05, 4.69) is 21.7 Å². The van der Waals surface area contributed by atoms with Crippen LogP contribution in [0.3, 0.4) is 0 Å². The fourth-order valence-corrected chi connectivity index (χ4v) is 6.01. The highest BCUT2D eigenvalue weighted by Crippen LogP contribution is 2.35. The highest BCUT2D eigenvalue weighted by molar-refractivity contribution is 7.07. The maximum absolute atomic E-state index is 15.3. The molecule has 1 saturated heterocycles. The van der Waals surface area contributed by atoms with E-state index >= 15 is 4.39 Å². The summed E-state index contributed by atoms with van der Waals surface area (Å²) in [6.07, 6.45) is 1.67. The number of thiophene rings is 1. The molecule has 1 aliphatic rings. The number of carbonyl (C=O) groups is 2. The van der Waals surface area contributed by atoms with Gasteiger partial charge in [0.15, 0.2) is 0 Å². The Bertz CT molecular complexity index is 1230. The number of nitrogens with two attached hydrogens (primary N) is 1. The van der Waals surface area contributed by atoms with Crippen LogP contribution in [0.25, 0.3) is 0 Å². The second-order valence-corrected chi connectivity index (χ2v) is 11.3. The standard InChI is InChI=1S/C30H37FN4O2S/c1-20(2)34(21(3)4)30(37)23-5-8-25(9-6-23)35(28-17-24(29(32)36)7-10-27(28)31)26-11-14-33(15-12-26)18-22-13-16-38-19-22/h5-10,13,16-17,19-21,26H,11-12,14-15,18H2,1-4H3,(H2,32,36). The molecule has 8 heteroatoms. The monoisotopic (exact) mass is 536 g/mol. The van der Waals surface area contributed by atoms with E-state index < -0.39 is 11.7 Å². The molecule has 3 aromatic rings. The van der Waals surface area contributed by atoms with Crippen molar-refractivity contribution in [1.29, 1.82) is 0 Å². The molecule has 0 saturated carbocycles. The molecule has 6 nitrogen and oxygen atoms in total. The predicted octanol–water partition coefficient (Wildman–Crippen LogP) is 6.05. The van der Waals surface area contributed by atoms with Gasteiger partial charge >= 0.3 is 0 Å². The Balaban J connectivity index is 1.63. The molecule has 38 heavy (non-hydrogen) atoms. The summed E-state index contributed by atoms with van der Waals surface area (Å²) in [6, 6.07) is 13.9. The molecule has 0 unspecified atom stereocenters. The van der Waals surface area contributed by atoms with Crippen LogP contribution in [-0.2, 0) is 6.54 Å². The van der Waals surface area contributed by atoms with Gasteiger partial charge in [-0.15, -0.1) is 0 Å². The fourth-order valence-electron chi connectivity index (χ4n) is 5.35. The van der Waals surface area contributed by atoms with Gasteiger partial charge in [-0.3, -0.25) is 14.5 Å². The van der Waals surface area contributed by atoms with E-state index in [1.54, 1.807) is 11.3 Å². The first-order chi connectivity index (χ1) is 18.2. The quantitative estimate of drug-likeness (QED) is 0.362. The lowest BCUT2D eigenvalue weighted by atomic mass is 9.99. The molecule has 0 bridgehead atoms. The van der Waals surface area contributed by atoms with Gasteiger partial charge < -0.3 is 15.5 Å². The highest BCUT2D eigenvalue weighted by Gasteiger charge is 2.29. The smallest absolute Gasteiger partial charge is 0.254 e. The van der Waals surface area contributed by atoms with E-state index in [1.807, 2.05) is 61.8 Å². The van der Waals surface area contributed by atoms with Gasteiger partial charge in [0.25, 0.3) is 5.91 Å². The number of amides is 2. The number of piperidine rings is 1. The SMILES string of the molecule is CC(C)N(C(=O)c1ccc(N(c2cc(C(N)=O)ccc2F)C2CCN(Cc3ccsc3)CC2)cc1)C(C)C. The number of nitrogens with zero attached hydrogens (tertiary/aromatic N) is 3. The molecule has 1 aliphatic heterocycles. The molecule has 2 aromatic carbocycles.